The second kappa shape index (κ2) is 5.51. The van der Waals surface area contributed by atoms with E-state index in [-0.39, 0.29) is 18.5 Å². The molecule has 0 spiro atoms. The quantitative estimate of drug-likeness (QED) is 0.812. The summed E-state index contributed by atoms with van der Waals surface area (Å²) < 4.78 is 0. The lowest BCUT2D eigenvalue weighted by molar-refractivity contribution is -0.130. The SMILES string of the molecule is CC[C@@H](c1ccccc1)N(C)C(=O)CN. The number of amides is 1. The van der Waals surface area contributed by atoms with Crippen molar-refractivity contribution in [3.8, 4) is 0 Å². The number of carbonyl (C=O) groups is 1. The molecule has 1 rings (SSSR count). The van der Waals surface area contributed by atoms with Gasteiger partial charge in [0.2, 0.25) is 5.91 Å². The Morgan fingerprint density at radius 2 is 2.00 bits per heavy atom. The molecule has 2 N–H and O–H groups in total. The Morgan fingerprint density at radius 3 is 2.47 bits per heavy atom. The molecule has 0 saturated heterocycles. The van der Waals surface area contributed by atoms with Crippen molar-refractivity contribution in [2.45, 2.75) is 19.4 Å². The number of benzene rings is 1. The maximum Gasteiger partial charge on any atom is 0.236 e. The van der Waals surface area contributed by atoms with Gasteiger partial charge in [0.05, 0.1) is 12.6 Å². The topological polar surface area (TPSA) is 46.3 Å². The fourth-order valence-corrected chi connectivity index (χ4v) is 1.73. The summed E-state index contributed by atoms with van der Waals surface area (Å²) in [6.07, 6.45) is 0.895. The molecule has 1 atom stereocenters. The Hall–Kier alpha value is -1.35. The van der Waals surface area contributed by atoms with Gasteiger partial charge in [0, 0.05) is 7.05 Å². The standard InChI is InChI=1S/C12H18N2O/c1-3-11(14(2)12(15)9-13)10-7-5-4-6-8-10/h4-8,11H,3,9,13H2,1-2H3/t11-/m0/s1. The molecule has 0 saturated carbocycles. The van der Waals surface area contributed by atoms with E-state index in [9.17, 15) is 4.79 Å². The van der Waals surface area contributed by atoms with Gasteiger partial charge < -0.3 is 10.6 Å². The molecule has 0 radical (unpaired) electrons. The minimum atomic E-state index is -0.0225. The average Bonchev–Trinajstić information content (AvgIpc) is 2.30. The third-order valence-corrected chi connectivity index (χ3v) is 2.61. The van der Waals surface area contributed by atoms with Gasteiger partial charge in [-0.15, -0.1) is 0 Å². The molecule has 0 fully saturated rings. The first kappa shape index (κ1) is 11.7. The minimum absolute atomic E-state index is 0.0225. The monoisotopic (exact) mass is 206 g/mol. The lowest BCUT2D eigenvalue weighted by Gasteiger charge is -2.27. The summed E-state index contributed by atoms with van der Waals surface area (Å²) in [6.45, 7) is 2.14. The Balaban J connectivity index is 2.85. The zero-order valence-electron chi connectivity index (χ0n) is 9.31. The fourth-order valence-electron chi connectivity index (χ4n) is 1.73. The van der Waals surface area contributed by atoms with Crippen LogP contribution in [0.4, 0.5) is 0 Å². The lowest BCUT2D eigenvalue weighted by Crippen LogP contribution is -2.35. The maximum absolute atomic E-state index is 11.5. The number of nitrogens with zero attached hydrogens (tertiary/aromatic N) is 1. The van der Waals surface area contributed by atoms with E-state index in [1.54, 1.807) is 11.9 Å². The van der Waals surface area contributed by atoms with Crippen LogP contribution in [0, 0.1) is 0 Å². The van der Waals surface area contributed by atoms with Crippen LogP contribution < -0.4 is 5.73 Å². The van der Waals surface area contributed by atoms with E-state index in [0.29, 0.717) is 0 Å². The smallest absolute Gasteiger partial charge is 0.236 e. The Kier molecular flexibility index (Phi) is 4.31. The summed E-state index contributed by atoms with van der Waals surface area (Å²) in [7, 11) is 1.80. The van der Waals surface area contributed by atoms with Crippen molar-refractivity contribution in [1.82, 2.24) is 4.90 Å². The van der Waals surface area contributed by atoms with E-state index in [4.69, 9.17) is 5.73 Å². The van der Waals surface area contributed by atoms with Crippen LogP contribution in [-0.2, 0) is 4.79 Å². The predicted octanol–water partition coefficient (Wildman–Crippen LogP) is 1.55. The highest BCUT2D eigenvalue weighted by Gasteiger charge is 2.18. The van der Waals surface area contributed by atoms with Crippen LogP contribution in [0.2, 0.25) is 0 Å². The summed E-state index contributed by atoms with van der Waals surface area (Å²) in [5, 5.41) is 0. The largest absolute Gasteiger partial charge is 0.338 e. The number of carbonyl (C=O) groups excluding carboxylic acids is 1. The van der Waals surface area contributed by atoms with E-state index in [0.717, 1.165) is 12.0 Å². The van der Waals surface area contributed by atoms with Gasteiger partial charge in [0.1, 0.15) is 0 Å². The van der Waals surface area contributed by atoms with Gasteiger partial charge in [-0.2, -0.15) is 0 Å². The molecular weight excluding hydrogens is 188 g/mol. The average molecular weight is 206 g/mol. The number of likely N-dealkylation sites (N-methyl/N-ethyl adjacent to an activating group) is 1. The first-order chi connectivity index (χ1) is 7.20. The fraction of sp³-hybridized carbons (Fsp3) is 0.417. The second-order valence-corrected chi connectivity index (χ2v) is 3.54. The van der Waals surface area contributed by atoms with Gasteiger partial charge in [-0.05, 0) is 12.0 Å². The highest BCUT2D eigenvalue weighted by Crippen LogP contribution is 2.22. The summed E-state index contributed by atoms with van der Waals surface area (Å²) in [6, 6.07) is 10.1. The van der Waals surface area contributed by atoms with E-state index in [1.165, 1.54) is 0 Å². The normalized spacial score (nSPS) is 12.2. The molecular formula is C12H18N2O. The van der Waals surface area contributed by atoms with Crippen molar-refractivity contribution in [3.05, 3.63) is 35.9 Å². The van der Waals surface area contributed by atoms with Crippen molar-refractivity contribution >= 4 is 5.91 Å². The summed E-state index contributed by atoms with van der Waals surface area (Å²) in [5.41, 5.74) is 6.51. The number of nitrogens with two attached hydrogens (primary N) is 1. The van der Waals surface area contributed by atoms with Gasteiger partial charge in [0.15, 0.2) is 0 Å². The first-order valence-corrected chi connectivity index (χ1v) is 5.21. The second-order valence-electron chi connectivity index (χ2n) is 3.54. The van der Waals surface area contributed by atoms with Crippen LogP contribution in [-0.4, -0.2) is 24.4 Å². The van der Waals surface area contributed by atoms with Crippen molar-refractivity contribution in [1.29, 1.82) is 0 Å². The van der Waals surface area contributed by atoms with E-state index < -0.39 is 0 Å². The van der Waals surface area contributed by atoms with Crippen LogP contribution >= 0.6 is 0 Å². The number of hydrogen-bond acceptors (Lipinski definition) is 2. The molecule has 0 unspecified atom stereocenters. The van der Waals surface area contributed by atoms with Crippen LogP contribution in [0.25, 0.3) is 0 Å². The molecule has 0 aliphatic carbocycles. The zero-order valence-corrected chi connectivity index (χ0v) is 9.31. The van der Waals surface area contributed by atoms with E-state index >= 15 is 0 Å². The highest BCUT2D eigenvalue weighted by atomic mass is 16.2. The van der Waals surface area contributed by atoms with Crippen molar-refractivity contribution < 1.29 is 4.79 Å². The molecule has 1 amide bonds. The highest BCUT2D eigenvalue weighted by molar-refractivity contribution is 5.78. The predicted molar refractivity (Wildman–Crippen MR) is 61.3 cm³/mol. The molecule has 0 heterocycles. The molecule has 0 aliphatic heterocycles. The van der Waals surface area contributed by atoms with E-state index in [2.05, 4.69) is 6.92 Å². The molecule has 0 aromatic heterocycles. The van der Waals surface area contributed by atoms with Gasteiger partial charge in [-0.3, -0.25) is 4.79 Å². The van der Waals surface area contributed by atoms with Crippen LogP contribution in [0.15, 0.2) is 30.3 Å². The Bertz CT molecular complexity index is 311. The Morgan fingerprint density at radius 1 is 1.40 bits per heavy atom. The molecule has 0 bridgehead atoms. The molecule has 3 nitrogen and oxygen atoms in total. The zero-order chi connectivity index (χ0) is 11.3. The number of rotatable bonds is 4. The summed E-state index contributed by atoms with van der Waals surface area (Å²) in [4.78, 5) is 13.2. The maximum atomic E-state index is 11.5. The van der Waals surface area contributed by atoms with Gasteiger partial charge in [-0.25, -0.2) is 0 Å². The summed E-state index contributed by atoms with van der Waals surface area (Å²) >= 11 is 0. The van der Waals surface area contributed by atoms with E-state index in [1.807, 2.05) is 30.3 Å². The van der Waals surface area contributed by atoms with Gasteiger partial charge in [-0.1, -0.05) is 37.3 Å². The molecule has 1 aromatic carbocycles. The third-order valence-electron chi connectivity index (χ3n) is 2.61. The first-order valence-electron chi connectivity index (χ1n) is 5.21. The van der Waals surface area contributed by atoms with Gasteiger partial charge >= 0.3 is 0 Å². The van der Waals surface area contributed by atoms with Crippen LogP contribution in [0.1, 0.15) is 24.9 Å². The minimum Gasteiger partial charge on any atom is -0.338 e. The van der Waals surface area contributed by atoms with Crippen molar-refractivity contribution in [2.24, 2.45) is 5.73 Å². The lowest BCUT2D eigenvalue weighted by atomic mass is 10.0. The molecule has 82 valence electrons. The van der Waals surface area contributed by atoms with Gasteiger partial charge in [0.25, 0.3) is 0 Å². The molecule has 3 heteroatoms. The van der Waals surface area contributed by atoms with Crippen molar-refractivity contribution in [3.63, 3.8) is 0 Å². The van der Waals surface area contributed by atoms with Crippen LogP contribution in [0.5, 0.6) is 0 Å². The number of hydrogen-bond donors (Lipinski definition) is 1. The third kappa shape index (κ3) is 2.80. The van der Waals surface area contributed by atoms with Crippen molar-refractivity contribution in [2.75, 3.05) is 13.6 Å². The summed E-state index contributed by atoms with van der Waals surface area (Å²) in [5.74, 6) is -0.0225. The van der Waals surface area contributed by atoms with Crippen LogP contribution in [0.3, 0.4) is 0 Å². The molecule has 1 aromatic rings. The molecule has 0 aliphatic rings. The Labute approximate surface area is 90.9 Å². The molecule has 15 heavy (non-hydrogen) atoms.